The maximum atomic E-state index is 13.4. The molecule has 6 heteroatoms. The average Bonchev–Trinajstić information content (AvgIpc) is 2.38. The molecule has 2 aromatic rings. The van der Waals surface area contributed by atoms with Crippen molar-refractivity contribution < 1.29 is 13.2 Å². The Morgan fingerprint density at radius 1 is 1.11 bits per heavy atom. The summed E-state index contributed by atoms with van der Waals surface area (Å²) >= 11 is 0. The molecule has 0 fully saturated rings. The predicted octanol–water partition coefficient (Wildman–Crippen LogP) is 3.91. The summed E-state index contributed by atoms with van der Waals surface area (Å²) < 4.78 is 47.2. The number of aromatic nitrogens is 1. The zero-order valence-corrected chi connectivity index (χ0v) is 10.4. The van der Waals surface area contributed by atoms with Crippen LogP contribution in [-0.4, -0.2) is 4.98 Å². The molecule has 0 aliphatic heterocycles. The molecule has 0 aliphatic carbocycles. The van der Waals surface area contributed by atoms with Crippen molar-refractivity contribution in [2.45, 2.75) is 5.03 Å². The van der Waals surface area contributed by atoms with Crippen LogP contribution >= 0.6 is 0 Å². The highest BCUT2D eigenvalue weighted by atomic mass is 32.2. The van der Waals surface area contributed by atoms with Gasteiger partial charge in [0.25, 0.3) is 0 Å². The monoisotopic (exact) mass is 282 g/mol. The largest absolute Gasteiger partial charge is 0.270 e. The van der Waals surface area contributed by atoms with E-state index in [1.807, 2.05) is 0 Å². The molecule has 0 radical (unpaired) electrons. The zero-order chi connectivity index (χ0) is 13.8. The van der Waals surface area contributed by atoms with Gasteiger partial charge < -0.3 is 0 Å². The molecule has 1 unspecified atom stereocenters. The smallest absolute Gasteiger partial charge is 0.136 e. The van der Waals surface area contributed by atoms with E-state index < -0.39 is 28.1 Å². The highest BCUT2D eigenvalue weighted by molar-refractivity contribution is 7.89. The van der Waals surface area contributed by atoms with Gasteiger partial charge in [0, 0.05) is 23.9 Å². The van der Waals surface area contributed by atoms with Crippen molar-refractivity contribution in [1.29, 1.82) is 4.78 Å². The lowest BCUT2D eigenvalue weighted by Gasteiger charge is -2.01. The Morgan fingerprint density at radius 2 is 1.79 bits per heavy atom. The van der Waals surface area contributed by atoms with E-state index in [-0.39, 0.29) is 5.56 Å². The second-order valence-electron chi connectivity index (χ2n) is 3.59. The summed E-state index contributed by atoms with van der Waals surface area (Å²) in [5, 5.41) is 1.81. The van der Waals surface area contributed by atoms with Crippen LogP contribution in [0.4, 0.5) is 13.2 Å². The maximum Gasteiger partial charge on any atom is 0.136 e. The molecule has 0 bridgehead atoms. The van der Waals surface area contributed by atoms with E-state index in [2.05, 4.69) is 4.98 Å². The van der Waals surface area contributed by atoms with E-state index in [0.29, 0.717) is 17.2 Å². The van der Waals surface area contributed by atoms with E-state index in [4.69, 9.17) is 4.78 Å². The van der Waals surface area contributed by atoms with Crippen molar-refractivity contribution in [3.63, 3.8) is 0 Å². The Bertz CT molecular complexity index is 619. The van der Waals surface area contributed by atoms with E-state index in [1.165, 1.54) is 11.6 Å². The van der Waals surface area contributed by atoms with Crippen LogP contribution in [0.2, 0.25) is 0 Å². The Balaban J connectivity index is 2.27. The third-order valence-electron chi connectivity index (χ3n) is 2.28. The first-order valence-electron chi connectivity index (χ1n) is 5.26. The summed E-state index contributed by atoms with van der Waals surface area (Å²) in [6, 6.07) is 6.29. The third kappa shape index (κ3) is 3.29. The van der Waals surface area contributed by atoms with E-state index in [9.17, 15) is 13.2 Å². The van der Waals surface area contributed by atoms with E-state index in [1.54, 1.807) is 18.2 Å². The van der Waals surface area contributed by atoms with Gasteiger partial charge in [-0.15, -0.1) is 0 Å². The fourth-order valence-electron chi connectivity index (χ4n) is 1.40. The Hall–Kier alpha value is -1.95. The second kappa shape index (κ2) is 5.79. The standard InChI is InChI=1S/C13H9F3N2S/c14-9-7-11(15)10(12(16)8-9)4-6-19(17)13-3-1-2-5-18-13/h1-8,17H/b6-4+. The number of rotatable bonds is 3. The number of halogens is 3. The summed E-state index contributed by atoms with van der Waals surface area (Å²) in [7, 11) is -1.12. The summed E-state index contributed by atoms with van der Waals surface area (Å²) in [5.74, 6) is -2.96. The molecule has 0 spiro atoms. The van der Waals surface area contributed by atoms with Crippen LogP contribution < -0.4 is 0 Å². The molecular formula is C13H9F3N2S. The van der Waals surface area contributed by atoms with Gasteiger partial charge in [-0.25, -0.2) is 18.2 Å². The number of hydrogen-bond donors (Lipinski definition) is 1. The van der Waals surface area contributed by atoms with Gasteiger partial charge in [-0.3, -0.25) is 4.78 Å². The highest BCUT2D eigenvalue weighted by Crippen LogP contribution is 2.17. The summed E-state index contributed by atoms with van der Waals surface area (Å²) in [6.45, 7) is 0. The molecule has 0 amide bonds. The first kappa shape index (κ1) is 13.5. The molecule has 1 atom stereocenters. The average molecular weight is 282 g/mol. The van der Waals surface area contributed by atoms with Gasteiger partial charge in [0.15, 0.2) is 0 Å². The number of pyridine rings is 1. The molecule has 2 nitrogen and oxygen atoms in total. The first-order chi connectivity index (χ1) is 9.08. The van der Waals surface area contributed by atoms with Gasteiger partial charge >= 0.3 is 0 Å². The van der Waals surface area contributed by atoms with Crippen molar-refractivity contribution in [1.82, 2.24) is 4.98 Å². The number of nitrogens with one attached hydrogen (secondary N) is 1. The van der Waals surface area contributed by atoms with Gasteiger partial charge in [0.2, 0.25) is 0 Å². The van der Waals surface area contributed by atoms with Crippen LogP contribution in [-0.2, 0) is 10.7 Å². The molecule has 0 aliphatic rings. The van der Waals surface area contributed by atoms with Gasteiger partial charge in [-0.1, -0.05) is 6.07 Å². The number of hydrogen-bond acceptors (Lipinski definition) is 2. The third-order valence-corrected chi connectivity index (χ3v) is 3.38. The van der Waals surface area contributed by atoms with Gasteiger partial charge in [-0.2, -0.15) is 0 Å². The van der Waals surface area contributed by atoms with Gasteiger partial charge in [0.1, 0.15) is 22.5 Å². The molecular weight excluding hydrogens is 273 g/mol. The predicted molar refractivity (Wildman–Crippen MR) is 67.9 cm³/mol. The minimum Gasteiger partial charge on any atom is -0.270 e. The maximum absolute atomic E-state index is 13.4. The molecule has 1 N–H and O–H groups in total. The van der Waals surface area contributed by atoms with Gasteiger partial charge in [0.05, 0.1) is 0 Å². The topological polar surface area (TPSA) is 36.7 Å². The van der Waals surface area contributed by atoms with Crippen LogP contribution in [0.3, 0.4) is 0 Å². The fraction of sp³-hybridized carbons (Fsp3) is 0. The summed E-state index contributed by atoms with van der Waals surface area (Å²) in [6.07, 6.45) is 2.67. The molecule has 1 aromatic heterocycles. The second-order valence-corrected chi connectivity index (χ2v) is 4.96. The van der Waals surface area contributed by atoms with Crippen molar-refractivity contribution in [3.05, 3.63) is 65.0 Å². The minimum absolute atomic E-state index is 0.359. The molecule has 19 heavy (non-hydrogen) atoms. The number of nitrogens with zero attached hydrogens (tertiary/aromatic N) is 1. The first-order valence-corrected chi connectivity index (χ1v) is 6.55. The Kier molecular flexibility index (Phi) is 4.11. The molecule has 1 heterocycles. The molecule has 98 valence electrons. The normalized spacial score (nSPS) is 12.8. The fourth-order valence-corrected chi connectivity index (χ4v) is 2.21. The summed E-state index contributed by atoms with van der Waals surface area (Å²) in [4.78, 5) is 3.98. The van der Waals surface area contributed by atoms with Crippen molar-refractivity contribution in [2.24, 2.45) is 0 Å². The lowest BCUT2D eigenvalue weighted by atomic mass is 10.2. The minimum atomic E-state index is -1.12. The summed E-state index contributed by atoms with van der Waals surface area (Å²) in [5.41, 5.74) is -0.359. The number of benzene rings is 1. The van der Waals surface area contributed by atoms with Gasteiger partial charge in [-0.05, 0) is 34.3 Å². The SMILES string of the molecule is N=S(/C=C/c1c(F)cc(F)cc1F)c1ccccn1. The Morgan fingerprint density at radius 3 is 2.37 bits per heavy atom. The van der Waals surface area contributed by atoms with E-state index in [0.717, 1.165) is 6.08 Å². The molecule has 2 rings (SSSR count). The lowest BCUT2D eigenvalue weighted by molar-refractivity contribution is 0.540. The zero-order valence-electron chi connectivity index (χ0n) is 9.61. The highest BCUT2D eigenvalue weighted by Gasteiger charge is 2.08. The van der Waals surface area contributed by atoms with Crippen LogP contribution in [0, 0.1) is 22.2 Å². The van der Waals surface area contributed by atoms with Crippen LogP contribution in [0.1, 0.15) is 5.56 Å². The molecule has 0 saturated carbocycles. The van der Waals surface area contributed by atoms with E-state index >= 15 is 0 Å². The van der Waals surface area contributed by atoms with Crippen molar-refractivity contribution in [3.8, 4) is 0 Å². The lowest BCUT2D eigenvalue weighted by Crippen LogP contribution is -1.92. The Labute approximate surface area is 110 Å². The van der Waals surface area contributed by atoms with Crippen LogP contribution in [0.15, 0.2) is 47.0 Å². The molecule has 0 saturated heterocycles. The van der Waals surface area contributed by atoms with Crippen LogP contribution in [0.25, 0.3) is 6.08 Å². The van der Waals surface area contributed by atoms with Crippen molar-refractivity contribution in [2.75, 3.05) is 0 Å². The van der Waals surface area contributed by atoms with Crippen molar-refractivity contribution >= 4 is 16.8 Å². The molecule has 1 aromatic carbocycles. The van der Waals surface area contributed by atoms with Crippen LogP contribution in [0.5, 0.6) is 0 Å². The quantitative estimate of drug-likeness (QED) is 0.910.